The molecule has 1 fully saturated rings. The molecule has 1 unspecified atom stereocenters. The van der Waals surface area contributed by atoms with Gasteiger partial charge in [0.25, 0.3) is 0 Å². The van der Waals surface area contributed by atoms with Crippen molar-refractivity contribution in [3.63, 3.8) is 0 Å². The van der Waals surface area contributed by atoms with Crippen LogP contribution in [0.3, 0.4) is 0 Å². The van der Waals surface area contributed by atoms with Crippen LogP contribution in [0.1, 0.15) is 37.9 Å². The zero-order chi connectivity index (χ0) is 12.4. The van der Waals surface area contributed by atoms with Crippen LogP contribution in [-0.2, 0) is 10.5 Å². The van der Waals surface area contributed by atoms with Crippen LogP contribution in [-0.4, -0.2) is 39.8 Å². The van der Waals surface area contributed by atoms with Crippen molar-refractivity contribution in [1.82, 2.24) is 15.0 Å². The fraction of sp³-hybridized carbons (Fsp3) is 0.727. The van der Waals surface area contributed by atoms with Crippen molar-refractivity contribution in [2.45, 2.75) is 38.0 Å². The van der Waals surface area contributed by atoms with E-state index in [9.17, 15) is 4.79 Å². The average molecular weight is 255 g/mol. The highest BCUT2D eigenvalue weighted by Crippen LogP contribution is 2.28. The Morgan fingerprint density at radius 3 is 2.94 bits per heavy atom. The normalized spacial score (nSPS) is 20.6. The molecule has 5 nitrogen and oxygen atoms in total. The van der Waals surface area contributed by atoms with Crippen molar-refractivity contribution in [3.8, 4) is 0 Å². The SMILES string of the molecule is CSCc1noc(C2CC(=O)N(C(C)C)C2)n1. The van der Waals surface area contributed by atoms with Gasteiger partial charge in [-0.2, -0.15) is 16.7 Å². The van der Waals surface area contributed by atoms with E-state index in [0.717, 1.165) is 5.75 Å². The molecule has 0 radical (unpaired) electrons. The third kappa shape index (κ3) is 2.62. The molecule has 1 aliphatic heterocycles. The van der Waals surface area contributed by atoms with Gasteiger partial charge in [-0.25, -0.2) is 0 Å². The van der Waals surface area contributed by atoms with Crippen LogP contribution in [0, 0.1) is 0 Å². The third-order valence-electron chi connectivity index (χ3n) is 2.89. The second kappa shape index (κ2) is 5.08. The predicted molar refractivity (Wildman–Crippen MR) is 65.7 cm³/mol. The van der Waals surface area contributed by atoms with Gasteiger partial charge in [0.2, 0.25) is 11.8 Å². The summed E-state index contributed by atoms with van der Waals surface area (Å²) in [7, 11) is 0. The van der Waals surface area contributed by atoms with Crippen LogP contribution in [0.25, 0.3) is 0 Å². The molecule has 0 spiro atoms. The zero-order valence-corrected chi connectivity index (χ0v) is 11.2. The predicted octanol–water partition coefficient (Wildman–Crippen LogP) is 1.66. The second-order valence-electron chi connectivity index (χ2n) is 4.52. The van der Waals surface area contributed by atoms with Gasteiger partial charge in [0.15, 0.2) is 5.82 Å². The topological polar surface area (TPSA) is 59.2 Å². The molecule has 1 aromatic heterocycles. The van der Waals surface area contributed by atoms with Gasteiger partial charge in [0.05, 0.1) is 11.7 Å². The maximum absolute atomic E-state index is 11.8. The molecule has 1 aliphatic rings. The van der Waals surface area contributed by atoms with E-state index < -0.39 is 0 Å². The van der Waals surface area contributed by atoms with E-state index in [-0.39, 0.29) is 17.9 Å². The second-order valence-corrected chi connectivity index (χ2v) is 5.39. The maximum atomic E-state index is 11.8. The molecular formula is C11H17N3O2S. The number of amides is 1. The van der Waals surface area contributed by atoms with Crippen LogP contribution < -0.4 is 0 Å². The first-order valence-electron chi connectivity index (χ1n) is 5.72. The Kier molecular flexibility index (Phi) is 3.71. The Bertz CT molecular complexity index is 405. The van der Waals surface area contributed by atoms with Gasteiger partial charge in [0, 0.05) is 19.0 Å². The number of carbonyl (C=O) groups is 1. The Morgan fingerprint density at radius 2 is 2.35 bits per heavy atom. The Hall–Kier alpha value is -1.04. The fourth-order valence-electron chi connectivity index (χ4n) is 2.02. The summed E-state index contributed by atoms with van der Waals surface area (Å²) >= 11 is 1.65. The minimum absolute atomic E-state index is 0.0630. The quantitative estimate of drug-likeness (QED) is 0.819. The Balaban J connectivity index is 2.06. The highest BCUT2D eigenvalue weighted by Gasteiger charge is 2.35. The molecule has 17 heavy (non-hydrogen) atoms. The summed E-state index contributed by atoms with van der Waals surface area (Å²) in [6.07, 6.45) is 2.48. The molecule has 0 aliphatic carbocycles. The van der Waals surface area contributed by atoms with Crippen molar-refractivity contribution in [2.75, 3.05) is 12.8 Å². The standard InChI is InChI=1S/C11H17N3O2S/c1-7(2)14-5-8(4-10(14)15)11-12-9(6-17-3)13-16-11/h7-8H,4-6H2,1-3H3. The van der Waals surface area contributed by atoms with E-state index in [1.54, 1.807) is 11.8 Å². The summed E-state index contributed by atoms with van der Waals surface area (Å²) < 4.78 is 5.22. The van der Waals surface area contributed by atoms with Crippen molar-refractivity contribution in [2.24, 2.45) is 0 Å². The van der Waals surface area contributed by atoms with Crippen molar-refractivity contribution in [1.29, 1.82) is 0 Å². The molecule has 1 aromatic rings. The maximum Gasteiger partial charge on any atom is 0.232 e. The highest BCUT2D eigenvalue weighted by atomic mass is 32.2. The molecule has 1 amide bonds. The van der Waals surface area contributed by atoms with Crippen LogP contribution in [0.15, 0.2) is 4.52 Å². The van der Waals surface area contributed by atoms with Crippen molar-refractivity contribution < 1.29 is 9.32 Å². The van der Waals surface area contributed by atoms with Gasteiger partial charge in [-0.1, -0.05) is 5.16 Å². The molecule has 1 saturated heterocycles. The van der Waals surface area contributed by atoms with E-state index in [2.05, 4.69) is 10.1 Å². The van der Waals surface area contributed by atoms with E-state index in [0.29, 0.717) is 24.7 Å². The molecule has 94 valence electrons. The molecule has 0 aromatic carbocycles. The summed E-state index contributed by atoms with van der Waals surface area (Å²) in [4.78, 5) is 18.0. The first-order chi connectivity index (χ1) is 8.11. The van der Waals surface area contributed by atoms with Crippen LogP contribution in [0.5, 0.6) is 0 Å². The molecular weight excluding hydrogens is 238 g/mol. The third-order valence-corrected chi connectivity index (χ3v) is 3.44. The van der Waals surface area contributed by atoms with Gasteiger partial charge in [-0.15, -0.1) is 0 Å². The van der Waals surface area contributed by atoms with Crippen LogP contribution >= 0.6 is 11.8 Å². The molecule has 0 bridgehead atoms. The van der Waals surface area contributed by atoms with Crippen molar-refractivity contribution >= 4 is 17.7 Å². The Labute approximate surface area is 105 Å². The average Bonchev–Trinajstić information content (AvgIpc) is 2.85. The summed E-state index contributed by atoms with van der Waals surface area (Å²) in [6.45, 7) is 4.73. The minimum Gasteiger partial charge on any atom is -0.339 e. The lowest BCUT2D eigenvalue weighted by Crippen LogP contribution is -2.31. The first kappa shape index (κ1) is 12.4. The van der Waals surface area contributed by atoms with Gasteiger partial charge >= 0.3 is 0 Å². The summed E-state index contributed by atoms with van der Waals surface area (Å²) in [5.74, 6) is 2.30. The fourth-order valence-corrected chi connectivity index (χ4v) is 2.39. The molecule has 6 heteroatoms. The number of hydrogen-bond donors (Lipinski definition) is 0. The number of aromatic nitrogens is 2. The number of likely N-dealkylation sites (tertiary alicyclic amines) is 1. The summed E-state index contributed by atoms with van der Waals surface area (Å²) in [6, 6.07) is 0.237. The first-order valence-corrected chi connectivity index (χ1v) is 7.12. The van der Waals surface area contributed by atoms with Crippen molar-refractivity contribution in [3.05, 3.63) is 11.7 Å². The lowest BCUT2D eigenvalue weighted by atomic mass is 10.1. The number of nitrogens with zero attached hydrogens (tertiary/aromatic N) is 3. The highest BCUT2D eigenvalue weighted by molar-refractivity contribution is 7.97. The van der Waals surface area contributed by atoms with E-state index in [4.69, 9.17) is 4.52 Å². The van der Waals surface area contributed by atoms with Gasteiger partial charge in [0.1, 0.15) is 0 Å². The summed E-state index contributed by atoms with van der Waals surface area (Å²) in [5, 5.41) is 3.91. The van der Waals surface area contributed by atoms with Gasteiger partial charge < -0.3 is 9.42 Å². The minimum atomic E-state index is 0.0630. The number of thioether (sulfide) groups is 1. The lowest BCUT2D eigenvalue weighted by molar-refractivity contribution is -0.129. The molecule has 0 saturated carbocycles. The van der Waals surface area contributed by atoms with Gasteiger partial charge in [-0.05, 0) is 20.1 Å². The zero-order valence-electron chi connectivity index (χ0n) is 10.3. The van der Waals surface area contributed by atoms with Crippen LogP contribution in [0.2, 0.25) is 0 Å². The van der Waals surface area contributed by atoms with E-state index in [1.807, 2.05) is 25.0 Å². The van der Waals surface area contributed by atoms with Crippen LogP contribution in [0.4, 0.5) is 0 Å². The molecule has 2 heterocycles. The smallest absolute Gasteiger partial charge is 0.232 e. The summed E-state index contributed by atoms with van der Waals surface area (Å²) in [5.41, 5.74) is 0. The van der Waals surface area contributed by atoms with E-state index in [1.165, 1.54) is 0 Å². The molecule has 2 rings (SSSR count). The van der Waals surface area contributed by atoms with E-state index >= 15 is 0 Å². The number of carbonyl (C=O) groups excluding carboxylic acids is 1. The Morgan fingerprint density at radius 1 is 1.59 bits per heavy atom. The molecule has 1 atom stereocenters. The number of rotatable bonds is 4. The monoisotopic (exact) mass is 255 g/mol. The lowest BCUT2D eigenvalue weighted by Gasteiger charge is -2.20. The van der Waals surface area contributed by atoms with Gasteiger partial charge in [-0.3, -0.25) is 4.79 Å². The number of hydrogen-bond acceptors (Lipinski definition) is 5. The largest absolute Gasteiger partial charge is 0.339 e. The molecule has 0 N–H and O–H groups in total.